The predicted octanol–water partition coefficient (Wildman–Crippen LogP) is 4.48. The van der Waals surface area contributed by atoms with E-state index in [2.05, 4.69) is 15.9 Å². The molecule has 0 radical (unpaired) electrons. The van der Waals surface area contributed by atoms with E-state index in [1.807, 2.05) is 36.4 Å². The summed E-state index contributed by atoms with van der Waals surface area (Å²) in [7, 11) is 0. The quantitative estimate of drug-likeness (QED) is 0.547. The molecule has 3 nitrogen and oxygen atoms in total. The number of anilines is 1. The minimum Gasteiger partial charge on any atom is -0.369 e. The first-order valence-electron chi connectivity index (χ1n) is 10.2. The van der Waals surface area contributed by atoms with E-state index in [-0.39, 0.29) is 5.82 Å². The van der Waals surface area contributed by atoms with Crippen LogP contribution < -0.4 is 4.90 Å². The zero-order valence-electron chi connectivity index (χ0n) is 16.2. The van der Waals surface area contributed by atoms with Gasteiger partial charge in [-0.1, -0.05) is 23.8 Å². The van der Waals surface area contributed by atoms with Crippen LogP contribution in [0.2, 0.25) is 0 Å². The molecule has 2 aliphatic rings. The van der Waals surface area contributed by atoms with Crippen molar-refractivity contribution in [2.45, 2.75) is 31.7 Å². The van der Waals surface area contributed by atoms with Crippen LogP contribution in [-0.4, -0.2) is 43.4 Å². The molecule has 4 rings (SSSR count). The van der Waals surface area contributed by atoms with Crippen molar-refractivity contribution in [3.63, 3.8) is 0 Å². The van der Waals surface area contributed by atoms with Gasteiger partial charge >= 0.3 is 0 Å². The van der Waals surface area contributed by atoms with Crippen LogP contribution in [0.3, 0.4) is 0 Å². The molecule has 0 N–H and O–H groups in total. The first kappa shape index (κ1) is 18.9. The molecule has 0 amide bonds. The second kappa shape index (κ2) is 8.70. The van der Waals surface area contributed by atoms with Gasteiger partial charge in [0.1, 0.15) is 12.1 Å². The summed E-state index contributed by atoms with van der Waals surface area (Å²) in [6, 6.07) is 15.2. The van der Waals surface area contributed by atoms with Gasteiger partial charge < -0.3 is 4.90 Å². The summed E-state index contributed by atoms with van der Waals surface area (Å²) in [5.41, 5.74) is 4.65. The van der Waals surface area contributed by atoms with Crippen LogP contribution in [-0.2, 0) is 6.42 Å². The molecule has 1 saturated heterocycles. The Labute approximate surface area is 166 Å². The van der Waals surface area contributed by atoms with Crippen molar-refractivity contribution in [3.05, 3.63) is 77.1 Å². The largest absolute Gasteiger partial charge is 0.369 e. The molecule has 0 spiro atoms. The fourth-order valence-electron chi connectivity index (χ4n) is 4.39. The molecule has 1 aliphatic heterocycles. The summed E-state index contributed by atoms with van der Waals surface area (Å²) in [6.45, 7) is 3.98. The fourth-order valence-corrected chi connectivity index (χ4v) is 4.39. The molecular weight excluding hydrogens is 351 g/mol. The number of nitrogens with zero attached hydrogens (tertiary/aromatic N) is 2. The third kappa shape index (κ3) is 4.33. The Hall–Kier alpha value is -2.46. The lowest BCUT2D eigenvalue weighted by atomic mass is 9.96. The normalized spacial score (nSPS) is 18.8. The summed E-state index contributed by atoms with van der Waals surface area (Å²) in [5, 5.41) is 0. The number of piperazine rings is 1. The number of allylic oxidation sites excluding steroid dienone is 1. The molecule has 1 atom stereocenters. The summed E-state index contributed by atoms with van der Waals surface area (Å²) in [5.74, 6) is -0.172. The molecule has 4 heteroatoms. The van der Waals surface area contributed by atoms with Crippen molar-refractivity contribution in [2.24, 2.45) is 0 Å². The van der Waals surface area contributed by atoms with Gasteiger partial charge in [0.05, 0.1) is 0 Å². The van der Waals surface area contributed by atoms with Crippen LogP contribution in [0.5, 0.6) is 0 Å². The van der Waals surface area contributed by atoms with E-state index in [1.54, 1.807) is 17.7 Å². The monoisotopic (exact) mass is 378 g/mol. The summed E-state index contributed by atoms with van der Waals surface area (Å²) >= 11 is 0. The van der Waals surface area contributed by atoms with Crippen LogP contribution in [0.25, 0.3) is 0 Å². The maximum atomic E-state index is 13.3. The standard InChI is InChI=1S/C24H27FN2O/c25-22-9-5-19(6-10-22)17-24(21-3-1-2-4-21)27-15-13-26(14-16-27)23-11-7-20(18-28)8-12-23/h3,5-12,18,24H,1-2,4,13-17H2. The predicted molar refractivity (Wildman–Crippen MR) is 111 cm³/mol. The Morgan fingerprint density at radius 3 is 2.29 bits per heavy atom. The molecule has 1 unspecified atom stereocenters. The van der Waals surface area contributed by atoms with Crippen LogP contribution in [0.4, 0.5) is 10.1 Å². The van der Waals surface area contributed by atoms with Gasteiger partial charge in [-0.25, -0.2) is 4.39 Å². The highest BCUT2D eigenvalue weighted by molar-refractivity contribution is 5.75. The van der Waals surface area contributed by atoms with Gasteiger partial charge in [0.2, 0.25) is 0 Å². The van der Waals surface area contributed by atoms with E-state index in [4.69, 9.17) is 0 Å². The highest BCUT2D eigenvalue weighted by Crippen LogP contribution is 2.28. The Morgan fingerprint density at radius 2 is 1.68 bits per heavy atom. The second-order valence-electron chi connectivity index (χ2n) is 7.75. The van der Waals surface area contributed by atoms with Crippen LogP contribution in [0.1, 0.15) is 35.2 Å². The lowest BCUT2D eigenvalue weighted by Gasteiger charge is -2.41. The van der Waals surface area contributed by atoms with Gasteiger partial charge in [-0.15, -0.1) is 0 Å². The Kier molecular flexibility index (Phi) is 5.87. The molecular formula is C24H27FN2O. The molecule has 146 valence electrons. The summed E-state index contributed by atoms with van der Waals surface area (Å²) in [4.78, 5) is 15.8. The molecule has 0 bridgehead atoms. The first-order chi connectivity index (χ1) is 13.7. The van der Waals surface area contributed by atoms with Crippen molar-refractivity contribution in [3.8, 4) is 0 Å². The SMILES string of the molecule is O=Cc1ccc(N2CCN(C(Cc3ccc(F)cc3)C3=CCCC3)CC2)cc1. The molecule has 2 aromatic rings. The van der Waals surface area contributed by atoms with Crippen LogP contribution >= 0.6 is 0 Å². The molecule has 1 aliphatic carbocycles. The molecule has 28 heavy (non-hydrogen) atoms. The Bertz CT molecular complexity index is 821. The zero-order valence-corrected chi connectivity index (χ0v) is 16.2. The highest BCUT2D eigenvalue weighted by atomic mass is 19.1. The van der Waals surface area contributed by atoms with Gasteiger partial charge in [0, 0.05) is 43.5 Å². The Balaban J connectivity index is 1.44. The number of aldehydes is 1. The average Bonchev–Trinajstić information content (AvgIpc) is 3.28. The number of benzene rings is 2. The van der Waals surface area contributed by atoms with E-state index in [9.17, 15) is 9.18 Å². The number of halogens is 1. The third-order valence-electron chi connectivity index (χ3n) is 6.00. The van der Waals surface area contributed by atoms with E-state index in [1.165, 1.54) is 30.5 Å². The molecule has 1 heterocycles. The maximum absolute atomic E-state index is 13.3. The number of carbonyl (C=O) groups excluding carboxylic acids is 1. The van der Waals surface area contributed by atoms with Gasteiger partial charge in [-0.05, 0) is 67.6 Å². The van der Waals surface area contributed by atoms with E-state index >= 15 is 0 Å². The average molecular weight is 378 g/mol. The topological polar surface area (TPSA) is 23.6 Å². The van der Waals surface area contributed by atoms with Gasteiger partial charge in [-0.2, -0.15) is 0 Å². The lowest BCUT2D eigenvalue weighted by molar-refractivity contribution is 0.112. The number of carbonyl (C=O) groups is 1. The third-order valence-corrected chi connectivity index (χ3v) is 6.00. The van der Waals surface area contributed by atoms with Gasteiger partial charge in [0.25, 0.3) is 0 Å². The van der Waals surface area contributed by atoms with Crippen molar-refractivity contribution in [2.75, 3.05) is 31.1 Å². The molecule has 0 aromatic heterocycles. The minimum atomic E-state index is -0.172. The number of hydrogen-bond acceptors (Lipinski definition) is 3. The van der Waals surface area contributed by atoms with Crippen molar-refractivity contribution >= 4 is 12.0 Å². The van der Waals surface area contributed by atoms with Gasteiger partial charge in [-0.3, -0.25) is 9.69 Å². The Morgan fingerprint density at radius 1 is 0.964 bits per heavy atom. The molecule has 0 saturated carbocycles. The van der Waals surface area contributed by atoms with E-state index in [0.717, 1.165) is 44.4 Å². The van der Waals surface area contributed by atoms with E-state index in [0.29, 0.717) is 6.04 Å². The van der Waals surface area contributed by atoms with Crippen molar-refractivity contribution in [1.29, 1.82) is 0 Å². The second-order valence-corrected chi connectivity index (χ2v) is 7.75. The maximum Gasteiger partial charge on any atom is 0.150 e. The number of hydrogen-bond donors (Lipinski definition) is 0. The van der Waals surface area contributed by atoms with Crippen LogP contribution in [0.15, 0.2) is 60.2 Å². The van der Waals surface area contributed by atoms with Crippen molar-refractivity contribution < 1.29 is 9.18 Å². The van der Waals surface area contributed by atoms with Gasteiger partial charge in [0.15, 0.2) is 0 Å². The number of rotatable bonds is 6. The van der Waals surface area contributed by atoms with Crippen LogP contribution in [0, 0.1) is 5.82 Å². The molecule has 2 aromatic carbocycles. The first-order valence-corrected chi connectivity index (χ1v) is 10.2. The highest BCUT2D eigenvalue weighted by Gasteiger charge is 2.27. The lowest BCUT2D eigenvalue weighted by Crippen LogP contribution is -2.51. The van der Waals surface area contributed by atoms with E-state index < -0.39 is 0 Å². The van der Waals surface area contributed by atoms with Crippen molar-refractivity contribution in [1.82, 2.24) is 4.90 Å². The summed E-state index contributed by atoms with van der Waals surface area (Å²) in [6.07, 6.45) is 7.85. The summed E-state index contributed by atoms with van der Waals surface area (Å²) < 4.78 is 13.3. The fraction of sp³-hybridized carbons (Fsp3) is 0.375. The minimum absolute atomic E-state index is 0.172. The molecule has 1 fully saturated rings. The smallest absolute Gasteiger partial charge is 0.150 e. The zero-order chi connectivity index (χ0) is 19.3.